The lowest BCUT2D eigenvalue weighted by atomic mass is 10.1. The van der Waals surface area contributed by atoms with Gasteiger partial charge in [-0.2, -0.15) is 4.98 Å². The standard InChI is InChI=1S/C13H15N3O3/c1-8(9(2)17)13-15-11(16-19-13)6-10-4-5-12(18-3)14-7-10/h4-5,7-8H,6H2,1-3H3. The maximum Gasteiger partial charge on any atom is 0.236 e. The fraction of sp³-hybridized carbons (Fsp3) is 0.385. The van der Waals surface area contributed by atoms with Crippen molar-refractivity contribution in [3.8, 4) is 5.88 Å². The molecule has 0 aromatic carbocycles. The molecule has 0 saturated carbocycles. The molecular weight excluding hydrogens is 246 g/mol. The molecule has 0 aliphatic rings. The first-order chi connectivity index (χ1) is 9.10. The average molecular weight is 261 g/mol. The Morgan fingerprint density at radius 2 is 2.26 bits per heavy atom. The van der Waals surface area contributed by atoms with Gasteiger partial charge in [-0.3, -0.25) is 4.79 Å². The molecule has 0 amide bonds. The van der Waals surface area contributed by atoms with E-state index in [0.717, 1.165) is 5.56 Å². The highest BCUT2D eigenvalue weighted by Crippen LogP contribution is 2.15. The Labute approximate surface area is 110 Å². The molecule has 1 unspecified atom stereocenters. The number of carbonyl (C=O) groups is 1. The van der Waals surface area contributed by atoms with Crippen LogP contribution in [0.3, 0.4) is 0 Å². The first kappa shape index (κ1) is 13.2. The number of aromatic nitrogens is 3. The van der Waals surface area contributed by atoms with Gasteiger partial charge in [0.1, 0.15) is 5.78 Å². The fourth-order valence-corrected chi connectivity index (χ4v) is 1.51. The van der Waals surface area contributed by atoms with Crippen LogP contribution in [0.15, 0.2) is 22.9 Å². The second-order valence-corrected chi connectivity index (χ2v) is 4.27. The minimum Gasteiger partial charge on any atom is -0.481 e. The number of ketones is 1. The maximum atomic E-state index is 11.2. The van der Waals surface area contributed by atoms with Crippen LogP contribution in [0.2, 0.25) is 0 Å². The van der Waals surface area contributed by atoms with Gasteiger partial charge >= 0.3 is 0 Å². The van der Waals surface area contributed by atoms with E-state index in [1.807, 2.05) is 6.07 Å². The molecule has 1 atom stereocenters. The summed E-state index contributed by atoms with van der Waals surface area (Å²) in [6.45, 7) is 3.25. The van der Waals surface area contributed by atoms with E-state index in [2.05, 4.69) is 15.1 Å². The third kappa shape index (κ3) is 3.15. The second-order valence-electron chi connectivity index (χ2n) is 4.27. The zero-order chi connectivity index (χ0) is 13.8. The number of carbonyl (C=O) groups excluding carboxylic acids is 1. The second kappa shape index (κ2) is 5.60. The molecule has 2 rings (SSSR count). The predicted octanol–water partition coefficient (Wildman–Crippen LogP) is 1.76. The van der Waals surface area contributed by atoms with Crippen molar-refractivity contribution < 1.29 is 14.1 Å². The average Bonchev–Trinajstić information content (AvgIpc) is 2.87. The highest BCUT2D eigenvalue weighted by atomic mass is 16.5. The van der Waals surface area contributed by atoms with Gasteiger partial charge in [-0.15, -0.1) is 0 Å². The Morgan fingerprint density at radius 3 is 2.84 bits per heavy atom. The summed E-state index contributed by atoms with van der Waals surface area (Å²) in [6.07, 6.45) is 2.20. The molecule has 0 aliphatic heterocycles. The predicted molar refractivity (Wildman–Crippen MR) is 67.0 cm³/mol. The summed E-state index contributed by atoms with van der Waals surface area (Å²) < 4.78 is 10.1. The van der Waals surface area contributed by atoms with Gasteiger partial charge in [0.05, 0.1) is 13.0 Å². The summed E-state index contributed by atoms with van der Waals surface area (Å²) in [5.74, 6) is 1.08. The lowest BCUT2D eigenvalue weighted by Gasteiger charge is -2.00. The molecule has 6 heteroatoms. The Balaban J connectivity index is 2.08. The number of pyridine rings is 1. The van der Waals surface area contributed by atoms with Gasteiger partial charge in [-0.1, -0.05) is 11.2 Å². The van der Waals surface area contributed by atoms with E-state index in [4.69, 9.17) is 9.26 Å². The number of rotatable bonds is 5. The van der Waals surface area contributed by atoms with Crippen LogP contribution >= 0.6 is 0 Å². The number of nitrogens with zero attached hydrogens (tertiary/aromatic N) is 3. The van der Waals surface area contributed by atoms with Crippen LogP contribution in [0.4, 0.5) is 0 Å². The van der Waals surface area contributed by atoms with Crippen molar-refractivity contribution in [2.45, 2.75) is 26.2 Å². The van der Waals surface area contributed by atoms with Gasteiger partial charge in [0.15, 0.2) is 5.82 Å². The fourth-order valence-electron chi connectivity index (χ4n) is 1.51. The van der Waals surface area contributed by atoms with Crippen molar-refractivity contribution in [1.29, 1.82) is 0 Å². The molecular formula is C13H15N3O3. The van der Waals surface area contributed by atoms with Crippen LogP contribution < -0.4 is 4.74 Å². The smallest absolute Gasteiger partial charge is 0.236 e. The van der Waals surface area contributed by atoms with E-state index in [-0.39, 0.29) is 11.7 Å². The molecule has 0 aliphatic carbocycles. The third-order valence-corrected chi connectivity index (χ3v) is 2.83. The number of methoxy groups -OCH3 is 1. The summed E-state index contributed by atoms with van der Waals surface area (Å²) in [7, 11) is 1.57. The number of Topliss-reactive ketones (excluding diaryl/α,β-unsaturated/α-hetero) is 1. The monoisotopic (exact) mass is 261 g/mol. The molecule has 0 N–H and O–H groups in total. The van der Waals surface area contributed by atoms with E-state index in [0.29, 0.717) is 24.0 Å². The molecule has 0 saturated heterocycles. The molecule has 2 aromatic rings. The summed E-state index contributed by atoms with van der Waals surface area (Å²) in [6, 6.07) is 3.66. The highest BCUT2D eigenvalue weighted by molar-refractivity contribution is 5.81. The number of hydrogen-bond acceptors (Lipinski definition) is 6. The zero-order valence-electron chi connectivity index (χ0n) is 11.1. The van der Waals surface area contributed by atoms with Crippen molar-refractivity contribution in [3.05, 3.63) is 35.6 Å². The van der Waals surface area contributed by atoms with Crippen LogP contribution in [0.25, 0.3) is 0 Å². The molecule has 2 aromatic heterocycles. The van der Waals surface area contributed by atoms with E-state index in [1.54, 1.807) is 26.3 Å². The highest BCUT2D eigenvalue weighted by Gasteiger charge is 2.18. The lowest BCUT2D eigenvalue weighted by molar-refractivity contribution is -0.118. The largest absolute Gasteiger partial charge is 0.481 e. The van der Waals surface area contributed by atoms with Crippen LogP contribution in [-0.2, 0) is 11.2 Å². The summed E-state index contributed by atoms with van der Waals surface area (Å²) in [4.78, 5) is 19.5. The first-order valence-electron chi connectivity index (χ1n) is 5.92. The summed E-state index contributed by atoms with van der Waals surface area (Å²) >= 11 is 0. The summed E-state index contributed by atoms with van der Waals surface area (Å²) in [5.41, 5.74) is 0.948. The van der Waals surface area contributed by atoms with Gasteiger partial charge in [-0.05, 0) is 19.4 Å². The molecule has 0 fully saturated rings. The number of hydrogen-bond donors (Lipinski definition) is 0. The lowest BCUT2D eigenvalue weighted by Crippen LogP contribution is -2.04. The Hall–Kier alpha value is -2.24. The van der Waals surface area contributed by atoms with Crippen LogP contribution in [0, 0.1) is 0 Å². The molecule has 0 spiro atoms. The van der Waals surface area contributed by atoms with Crippen molar-refractivity contribution >= 4 is 5.78 Å². The molecule has 0 radical (unpaired) electrons. The minimum absolute atomic E-state index is 0.00122. The van der Waals surface area contributed by atoms with E-state index in [9.17, 15) is 4.79 Å². The van der Waals surface area contributed by atoms with Crippen LogP contribution in [0.1, 0.15) is 37.0 Å². The minimum atomic E-state index is -0.366. The Bertz CT molecular complexity index is 563. The Morgan fingerprint density at radius 1 is 1.47 bits per heavy atom. The van der Waals surface area contributed by atoms with Gasteiger partial charge in [0.25, 0.3) is 0 Å². The molecule has 100 valence electrons. The Kier molecular flexibility index (Phi) is 3.89. The van der Waals surface area contributed by atoms with Crippen molar-refractivity contribution in [2.75, 3.05) is 7.11 Å². The number of ether oxygens (including phenoxy) is 1. The normalized spacial score (nSPS) is 12.2. The molecule has 19 heavy (non-hydrogen) atoms. The third-order valence-electron chi connectivity index (χ3n) is 2.83. The van der Waals surface area contributed by atoms with Gasteiger partial charge < -0.3 is 9.26 Å². The molecule has 0 bridgehead atoms. The first-order valence-corrected chi connectivity index (χ1v) is 5.92. The van der Waals surface area contributed by atoms with Gasteiger partial charge in [0, 0.05) is 18.7 Å². The zero-order valence-corrected chi connectivity index (χ0v) is 11.1. The van der Waals surface area contributed by atoms with Crippen molar-refractivity contribution in [2.24, 2.45) is 0 Å². The SMILES string of the molecule is COc1ccc(Cc2noc(C(C)C(C)=O)n2)cn1. The van der Waals surface area contributed by atoms with Crippen molar-refractivity contribution in [3.63, 3.8) is 0 Å². The van der Waals surface area contributed by atoms with Crippen molar-refractivity contribution in [1.82, 2.24) is 15.1 Å². The topological polar surface area (TPSA) is 78.1 Å². The van der Waals surface area contributed by atoms with E-state index >= 15 is 0 Å². The van der Waals surface area contributed by atoms with E-state index in [1.165, 1.54) is 6.92 Å². The summed E-state index contributed by atoms with van der Waals surface area (Å²) in [5, 5.41) is 3.86. The van der Waals surface area contributed by atoms with Gasteiger partial charge in [0.2, 0.25) is 11.8 Å². The van der Waals surface area contributed by atoms with E-state index < -0.39 is 0 Å². The maximum absolute atomic E-state index is 11.2. The van der Waals surface area contributed by atoms with Crippen LogP contribution in [-0.4, -0.2) is 28.0 Å². The molecule has 2 heterocycles. The molecule has 6 nitrogen and oxygen atoms in total. The quantitative estimate of drug-likeness (QED) is 0.816. The van der Waals surface area contributed by atoms with Gasteiger partial charge in [-0.25, -0.2) is 4.98 Å². The van der Waals surface area contributed by atoms with Crippen LogP contribution in [0.5, 0.6) is 5.88 Å².